The Kier molecular flexibility index (Phi) is 5.18. The summed E-state index contributed by atoms with van der Waals surface area (Å²) >= 11 is 0. The standard InChI is InChI=1S/C12H15F2NO4S/c1-3-15(8(2)6-12(16)17)20(18,19)11-5-4-9(13)7-10(11)14/h4-5,7-8H,3,6H2,1-2H3,(H,16,17). The number of rotatable bonds is 6. The van der Waals surface area contributed by atoms with Gasteiger partial charge in [0.2, 0.25) is 10.0 Å². The van der Waals surface area contributed by atoms with Crippen LogP contribution in [-0.2, 0) is 14.8 Å². The molecule has 0 fully saturated rings. The Balaban J connectivity index is 3.21. The third-order valence-corrected chi connectivity index (χ3v) is 4.88. The van der Waals surface area contributed by atoms with Gasteiger partial charge >= 0.3 is 5.97 Å². The molecule has 1 N–H and O–H groups in total. The Hall–Kier alpha value is -1.54. The molecule has 0 heterocycles. The molecule has 8 heteroatoms. The van der Waals surface area contributed by atoms with Crippen LogP contribution in [0.1, 0.15) is 20.3 Å². The average molecular weight is 307 g/mol. The number of benzene rings is 1. The Morgan fingerprint density at radius 2 is 2.00 bits per heavy atom. The van der Waals surface area contributed by atoms with E-state index in [-0.39, 0.29) is 6.54 Å². The quantitative estimate of drug-likeness (QED) is 0.870. The van der Waals surface area contributed by atoms with Crippen LogP contribution in [0.15, 0.2) is 23.1 Å². The molecule has 0 saturated heterocycles. The number of carboxylic acid groups (broad SMARTS) is 1. The van der Waals surface area contributed by atoms with Gasteiger partial charge in [0, 0.05) is 18.7 Å². The second kappa shape index (κ2) is 6.27. The molecule has 0 bridgehead atoms. The van der Waals surface area contributed by atoms with Gasteiger partial charge in [0.1, 0.15) is 16.5 Å². The minimum absolute atomic E-state index is 0.0202. The van der Waals surface area contributed by atoms with Gasteiger partial charge < -0.3 is 5.11 Å². The van der Waals surface area contributed by atoms with Gasteiger partial charge in [-0.1, -0.05) is 6.92 Å². The number of hydrogen-bond acceptors (Lipinski definition) is 3. The number of aliphatic carboxylic acids is 1. The number of halogens is 2. The molecule has 5 nitrogen and oxygen atoms in total. The lowest BCUT2D eigenvalue weighted by molar-refractivity contribution is -0.137. The topological polar surface area (TPSA) is 74.7 Å². The van der Waals surface area contributed by atoms with Crippen molar-refractivity contribution in [3.8, 4) is 0 Å². The van der Waals surface area contributed by atoms with Crippen molar-refractivity contribution in [3.05, 3.63) is 29.8 Å². The lowest BCUT2D eigenvalue weighted by Crippen LogP contribution is -2.40. The molecule has 1 aromatic carbocycles. The molecule has 0 aliphatic heterocycles. The first-order valence-electron chi connectivity index (χ1n) is 5.88. The van der Waals surface area contributed by atoms with Crippen molar-refractivity contribution in [2.75, 3.05) is 6.54 Å². The Labute approximate surface area is 115 Å². The summed E-state index contributed by atoms with van der Waals surface area (Å²) < 4.78 is 51.9. The zero-order valence-electron chi connectivity index (χ0n) is 11.0. The zero-order valence-corrected chi connectivity index (χ0v) is 11.8. The minimum Gasteiger partial charge on any atom is -0.481 e. The summed E-state index contributed by atoms with van der Waals surface area (Å²) in [5, 5.41) is 8.71. The maximum atomic E-state index is 13.6. The number of sulfonamides is 1. The molecule has 0 aliphatic rings. The maximum Gasteiger partial charge on any atom is 0.304 e. The normalized spacial score (nSPS) is 13.4. The number of carboxylic acids is 1. The van der Waals surface area contributed by atoms with E-state index >= 15 is 0 Å². The number of carbonyl (C=O) groups is 1. The van der Waals surface area contributed by atoms with Crippen molar-refractivity contribution in [1.82, 2.24) is 4.31 Å². The fraction of sp³-hybridized carbons (Fsp3) is 0.417. The SMILES string of the molecule is CCN(C(C)CC(=O)O)S(=O)(=O)c1ccc(F)cc1F. The summed E-state index contributed by atoms with van der Waals surface area (Å²) in [4.78, 5) is 9.99. The summed E-state index contributed by atoms with van der Waals surface area (Å²) in [5.74, 6) is -3.25. The number of hydrogen-bond donors (Lipinski definition) is 1. The highest BCUT2D eigenvalue weighted by molar-refractivity contribution is 7.89. The maximum absolute atomic E-state index is 13.6. The van der Waals surface area contributed by atoms with E-state index in [1.54, 1.807) is 0 Å². The predicted octanol–water partition coefficient (Wildman–Crippen LogP) is 1.84. The van der Waals surface area contributed by atoms with Crippen LogP contribution in [0, 0.1) is 11.6 Å². The molecule has 1 atom stereocenters. The summed E-state index contributed by atoms with van der Waals surface area (Å²) in [7, 11) is -4.22. The summed E-state index contributed by atoms with van der Waals surface area (Å²) in [6.07, 6.45) is -0.407. The van der Waals surface area contributed by atoms with Crippen molar-refractivity contribution in [3.63, 3.8) is 0 Å². The lowest BCUT2D eigenvalue weighted by atomic mass is 10.2. The van der Waals surface area contributed by atoms with Crippen LogP contribution in [0.2, 0.25) is 0 Å². The molecule has 0 aliphatic carbocycles. The Morgan fingerprint density at radius 1 is 1.40 bits per heavy atom. The monoisotopic (exact) mass is 307 g/mol. The second-order valence-electron chi connectivity index (χ2n) is 4.23. The highest BCUT2D eigenvalue weighted by Gasteiger charge is 2.31. The average Bonchev–Trinajstić information content (AvgIpc) is 2.27. The van der Waals surface area contributed by atoms with Crippen LogP contribution in [0.25, 0.3) is 0 Å². The van der Waals surface area contributed by atoms with Crippen molar-refractivity contribution in [2.45, 2.75) is 31.2 Å². The molecular weight excluding hydrogens is 292 g/mol. The van der Waals surface area contributed by atoms with Gasteiger partial charge in [-0.15, -0.1) is 0 Å². The van der Waals surface area contributed by atoms with E-state index in [9.17, 15) is 22.0 Å². The van der Waals surface area contributed by atoms with Gasteiger partial charge in [-0.3, -0.25) is 4.79 Å². The third-order valence-electron chi connectivity index (χ3n) is 2.75. The van der Waals surface area contributed by atoms with E-state index < -0.39 is 45.0 Å². The molecule has 1 rings (SSSR count). The van der Waals surface area contributed by atoms with Gasteiger partial charge in [0.25, 0.3) is 0 Å². The van der Waals surface area contributed by atoms with Gasteiger partial charge in [-0.2, -0.15) is 4.31 Å². The van der Waals surface area contributed by atoms with Crippen LogP contribution in [-0.4, -0.2) is 36.4 Å². The summed E-state index contributed by atoms with van der Waals surface area (Å²) in [5.41, 5.74) is 0. The van der Waals surface area contributed by atoms with Crippen LogP contribution in [0.5, 0.6) is 0 Å². The first kappa shape index (κ1) is 16.5. The first-order chi connectivity index (χ1) is 9.20. The molecule has 0 saturated carbocycles. The number of nitrogens with zero attached hydrogens (tertiary/aromatic N) is 1. The van der Waals surface area contributed by atoms with Crippen molar-refractivity contribution >= 4 is 16.0 Å². The van der Waals surface area contributed by atoms with E-state index in [1.165, 1.54) is 13.8 Å². The summed E-state index contributed by atoms with van der Waals surface area (Å²) in [6.45, 7) is 2.90. The Morgan fingerprint density at radius 3 is 2.45 bits per heavy atom. The largest absolute Gasteiger partial charge is 0.481 e. The fourth-order valence-electron chi connectivity index (χ4n) is 1.88. The van der Waals surface area contributed by atoms with Crippen LogP contribution in [0.4, 0.5) is 8.78 Å². The van der Waals surface area contributed by atoms with Gasteiger partial charge in [0.05, 0.1) is 6.42 Å². The smallest absolute Gasteiger partial charge is 0.304 e. The van der Waals surface area contributed by atoms with E-state index in [4.69, 9.17) is 5.11 Å². The zero-order chi connectivity index (χ0) is 15.5. The summed E-state index contributed by atoms with van der Waals surface area (Å²) in [6, 6.07) is 1.30. The third kappa shape index (κ3) is 3.51. The van der Waals surface area contributed by atoms with E-state index in [1.807, 2.05) is 0 Å². The van der Waals surface area contributed by atoms with Crippen molar-refractivity contribution in [2.24, 2.45) is 0 Å². The van der Waals surface area contributed by atoms with E-state index in [0.29, 0.717) is 6.07 Å². The molecular formula is C12H15F2NO4S. The van der Waals surface area contributed by atoms with Crippen LogP contribution < -0.4 is 0 Å². The minimum atomic E-state index is -4.22. The molecule has 1 aromatic rings. The van der Waals surface area contributed by atoms with Gasteiger partial charge in [-0.05, 0) is 19.1 Å². The fourth-order valence-corrected chi connectivity index (χ4v) is 3.57. The molecule has 0 radical (unpaired) electrons. The predicted molar refractivity (Wildman–Crippen MR) is 67.6 cm³/mol. The van der Waals surface area contributed by atoms with Gasteiger partial charge in [-0.25, -0.2) is 17.2 Å². The molecule has 0 amide bonds. The van der Waals surface area contributed by atoms with E-state index in [0.717, 1.165) is 16.4 Å². The van der Waals surface area contributed by atoms with Crippen molar-refractivity contribution < 1.29 is 27.1 Å². The molecule has 20 heavy (non-hydrogen) atoms. The molecule has 0 aromatic heterocycles. The Bertz CT molecular complexity index is 603. The van der Waals surface area contributed by atoms with Crippen LogP contribution >= 0.6 is 0 Å². The van der Waals surface area contributed by atoms with E-state index in [2.05, 4.69) is 0 Å². The second-order valence-corrected chi connectivity index (χ2v) is 6.09. The first-order valence-corrected chi connectivity index (χ1v) is 7.32. The van der Waals surface area contributed by atoms with Crippen molar-refractivity contribution in [1.29, 1.82) is 0 Å². The molecule has 112 valence electrons. The lowest BCUT2D eigenvalue weighted by Gasteiger charge is -2.26. The van der Waals surface area contributed by atoms with Gasteiger partial charge in [0.15, 0.2) is 0 Å². The highest BCUT2D eigenvalue weighted by atomic mass is 32.2. The molecule has 0 spiro atoms. The van der Waals surface area contributed by atoms with Crippen LogP contribution in [0.3, 0.4) is 0 Å². The highest BCUT2D eigenvalue weighted by Crippen LogP contribution is 2.22. The molecule has 1 unspecified atom stereocenters.